The average molecular weight is 564 g/mol. The minimum Gasteiger partial charge on any atom is -0.294 e. The van der Waals surface area contributed by atoms with Crippen molar-refractivity contribution in [2.24, 2.45) is 0 Å². The lowest BCUT2D eigenvalue weighted by Gasteiger charge is -2.17. The maximum Gasteiger partial charge on any atom is 0.181 e. The summed E-state index contributed by atoms with van der Waals surface area (Å²) in [7, 11) is -0.585. The van der Waals surface area contributed by atoms with E-state index in [0.717, 1.165) is 34.3 Å². The van der Waals surface area contributed by atoms with Gasteiger partial charge in [0.25, 0.3) is 0 Å². The van der Waals surface area contributed by atoms with Crippen LogP contribution in [0.5, 0.6) is 0 Å². The molecule has 0 aliphatic heterocycles. The lowest BCUT2D eigenvalue weighted by molar-refractivity contribution is 0.100. The van der Waals surface area contributed by atoms with Crippen molar-refractivity contribution in [1.29, 1.82) is 0 Å². The van der Waals surface area contributed by atoms with Crippen molar-refractivity contribution in [2.45, 2.75) is 48.1 Å². The van der Waals surface area contributed by atoms with Crippen molar-refractivity contribution in [3.8, 4) is 0 Å². The summed E-state index contributed by atoms with van der Waals surface area (Å²) in [5.74, 6) is 0.0616. The fourth-order valence-electron chi connectivity index (χ4n) is 4.26. The average Bonchev–Trinajstić information content (AvgIpc) is 2.96. The number of rotatable bonds is 9. The fourth-order valence-corrected chi connectivity index (χ4v) is 9.24. The molecule has 0 aromatic heterocycles. The second kappa shape index (κ2) is 12.6. The van der Waals surface area contributed by atoms with E-state index in [2.05, 4.69) is 48.5 Å². The zero-order valence-electron chi connectivity index (χ0n) is 21.7. The predicted molar refractivity (Wildman–Crippen MR) is 163 cm³/mol. The second-order valence-electron chi connectivity index (χ2n) is 8.83. The molecule has 192 valence electrons. The highest BCUT2D eigenvalue weighted by atomic mass is 32.2. The molecule has 5 rings (SSSR count). The van der Waals surface area contributed by atoms with E-state index in [4.69, 9.17) is 0 Å². The van der Waals surface area contributed by atoms with Gasteiger partial charge < -0.3 is 0 Å². The molecule has 0 unspecified atom stereocenters. The van der Waals surface area contributed by atoms with Gasteiger partial charge in [-0.15, -0.1) is 0 Å². The molecule has 0 aliphatic carbocycles. The van der Waals surface area contributed by atoms with Crippen LogP contribution in [0.2, 0.25) is 0 Å². The first-order valence-electron chi connectivity index (χ1n) is 12.6. The Balaban J connectivity index is 1.78. The monoisotopic (exact) mass is 563 g/mol. The van der Waals surface area contributed by atoms with E-state index in [-0.39, 0.29) is 11.6 Å². The molecule has 0 atom stereocenters. The zero-order valence-corrected chi connectivity index (χ0v) is 24.1. The molecule has 2 nitrogen and oxygen atoms in total. The molecular weight excluding hydrogens is 537 g/mol. The van der Waals surface area contributed by atoms with E-state index < -0.39 is 10.9 Å². The Bertz CT molecular complexity index is 1500. The van der Waals surface area contributed by atoms with E-state index in [1.165, 1.54) is 0 Å². The summed E-state index contributed by atoms with van der Waals surface area (Å²) in [6.45, 7) is 3.25. The molecule has 0 bridgehead atoms. The van der Waals surface area contributed by atoms with Gasteiger partial charge in [-0.05, 0) is 74.5 Å². The van der Waals surface area contributed by atoms with Crippen molar-refractivity contribution >= 4 is 46.0 Å². The third-order valence-corrected chi connectivity index (χ3v) is 10.9. The van der Waals surface area contributed by atoms with Gasteiger partial charge in [-0.1, -0.05) is 90.3 Å². The van der Waals surface area contributed by atoms with Crippen molar-refractivity contribution in [3.05, 3.63) is 139 Å². The third-order valence-electron chi connectivity index (χ3n) is 6.06. The number of hydrogen-bond acceptors (Lipinski definition) is 4. The normalized spacial score (nSPS) is 10.9. The number of ketones is 2. The first-order valence-corrected chi connectivity index (χ1v) is 15.4. The van der Waals surface area contributed by atoms with Crippen LogP contribution in [0.15, 0.2) is 162 Å². The Kier molecular flexibility index (Phi) is 8.72. The second-order valence-corrected chi connectivity index (χ2v) is 13.0. The Morgan fingerprint density at radius 3 is 1.26 bits per heavy atom. The third kappa shape index (κ3) is 6.22. The molecule has 0 saturated carbocycles. The van der Waals surface area contributed by atoms with Crippen LogP contribution < -0.4 is 0 Å². The summed E-state index contributed by atoms with van der Waals surface area (Å²) >= 11 is 3.24. The topological polar surface area (TPSA) is 34.1 Å². The number of hydrogen-bond donors (Lipinski definition) is 0. The van der Waals surface area contributed by atoms with Crippen molar-refractivity contribution in [2.75, 3.05) is 0 Å². The summed E-state index contributed by atoms with van der Waals surface area (Å²) in [6, 6.07) is 42.7. The summed E-state index contributed by atoms with van der Waals surface area (Å²) < 4.78 is 0. The van der Waals surface area contributed by atoms with Crippen LogP contribution in [-0.2, 0) is 10.9 Å². The molecule has 0 saturated heterocycles. The van der Waals surface area contributed by atoms with E-state index in [0.29, 0.717) is 11.1 Å². The predicted octanol–water partition coefficient (Wildman–Crippen LogP) is 9.49. The summed E-state index contributed by atoms with van der Waals surface area (Å²) in [4.78, 5) is 33.1. The Hall–Kier alpha value is -3.51. The van der Waals surface area contributed by atoms with Crippen molar-refractivity contribution in [3.63, 3.8) is 0 Å². The molecule has 0 amide bonds. The van der Waals surface area contributed by atoms with Gasteiger partial charge in [0.15, 0.2) is 26.3 Å². The summed E-state index contributed by atoms with van der Waals surface area (Å²) in [5, 5.41) is 0. The summed E-state index contributed by atoms with van der Waals surface area (Å²) in [6.07, 6.45) is 0. The van der Waals surface area contributed by atoms with Crippen LogP contribution in [0.1, 0.15) is 34.6 Å². The Labute approximate surface area is 241 Å². The quantitative estimate of drug-likeness (QED) is 0.132. The molecule has 0 spiro atoms. The van der Waals surface area contributed by atoms with Gasteiger partial charge in [0.2, 0.25) is 0 Å². The van der Waals surface area contributed by atoms with Crippen LogP contribution in [0, 0.1) is 0 Å². The number of Topliss-reactive ketones (excluding diaryl/α,β-unsaturated/α-hetero) is 2. The highest BCUT2D eigenvalue weighted by Gasteiger charge is 2.36. The first-order chi connectivity index (χ1) is 19.0. The molecule has 0 fully saturated rings. The zero-order chi connectivity index (χ0) is 27.2. The standard InChI is InChI=1S/C34H27O2S3/c1-24(35)29-20-12-22-31(33(29)37-26-14-6-3-7-15-26)39(28-18-10-5-11-19-28)32-23-13-21-30(25(2)36)34(32)38-27-16-8-4-9-17-27/h3-23H,1-2H3/q+1. The fraction of sp³-hybridized carbons (Fsp3) is 0.0588. The van der Waals surface area contributed by atoms with Gasteiger partial charge in [0, 0.05) is 20.9 Å². The van der Waals surface area contributed by atoms with Crippen molar-refractivity contribution in [1.82, 2.24) is 0 Å². The van der Waals surface area contributed by atoms with Gasteiger partial charge in [-0.2, -0.15) is 0 Å². The SMILES string of the molecule is CC(=O)c1cccc([S+](c2ccccc2)c2cccc(C(C)=O)c2Sc2ccccc2)c1Sc1ccccc1. The smallest absolute Gasteiger partial charge is 0.181 e. The maximum atomic E-state index is 12.9. The first kappa shape index (κ1) is 27.1. The van der Waals surface area contributed by atoms with E-state index in [1.807, 2.05) is 78.9 Å². The van der Waals surface area contributed by atoms with Gasteiger partial charge in [0.1, 0.15) is 10.9 Å². The Morgan fingerprint density at radius 2 is 0.872 bits per heavy atom. The Morgan fingerprint density at radius 1 is 0.487 bits per heavy atom. The van der Waals surface area contributed by atoms with Crippen LogP contribution >= 0.6 is 23.5 Å². The number of carbonyl (C=O) groups excluding carboxylic acids is 2. The van der Waals surface area contributed by atoms with Crippen LogP contribution in [0.3, 0.4) is 0 Å². The van der Waals surface area contributed by atoms with Crippen molar-refractivity contribution < 1.29 is 9.59 Å². The van der Waals surface area contributed by atoms with Crippen LogP contribution in [-0.4, -0.2) is 11.6 Å². The molecule has 0 radical (unpaired) electrons. The lowest BCUT2D eigenvalue weighted by Crippen LogP contribution is -2.11. The molecule has 5 heteroatoms. The number of benzene rings is 5. The summed E-state index contributed by atoms with van der Waals surface area (Å²) in [5.41, 5.74) is 1.41. The minimum absolute atomic E-state index is 0.0308. The molecule has 0 N–H and O–H groups in total. The van der Waals surface area contributed by atoms with Gasteiger partial charge in [0.05, 0.1) is 9.79 Å². The molecule has 0 aliphatic rings. The van der Waals surface area contributed by atoms with Gasteiger partial charge in [-0.25, -0.2) is 0 Å². The maximum absolute atomic E-state index is 12.9. The number of carbonyl (C=O) groups is 2. The van der Waals surface area contributed by atoms with Crippen LogP contribution in [0.4, 0.5) is 0 Å². The van der Waals surface area contributed by atoms with Crippen LogP contribution in [0.25, 0.3) is 0 Å². The molecule has 0 heterocycles. The molecule has 5 aromatic rings. The molecular formula is C34H27O2S3+. The minimum atomic E-state index is -0.585. The highest BCUT2D eigenvalue weighted by molar-refractivity contribution is 8.02. The lowest BCUT2D eigenvalue weighted by atomic mass is 10.1. The van der Waals surface area contributed by atoms with E-state index >= 15 is 0 Å². The van der Waals surface area contributed by atoms with Gasteiger partial charge in [-0.3, -0.25) is 9.59 Å². The van der Waals surface area contributed by atoms with Gasteiger partial charge >= 0.3 is 0 Å². The molecule has 5 aromatic carbocycles. The highest BCUT2D eigenvalue weighted by Crippen LogP contribution is 2.46. The molecule has 39 heavy (non-hydrogen) atoms. The van der Waals surface area contributed by atoms with E-state index in [1.54, 1.807) is 37.4 Å². The largest absolute Gasteiger partial charge is 0.294 e. The van der Waals surface area contributed by atoms with E-state index in [9.17, 15) is 9.59 Å².